The molecule has 0 heterocycles. The van der Waals surface area contributed by atoms with Crippen molar-refractivity contribution in [3.63, 3.8) is 0 Å². The van der Waals surface area contributed by atoms with Gasteiger partial charge in [-0.05, 0) is 31.0 Å². The van der Waals surface area contributed by atoms with Gasteiger partial charge in [0.2, 0.25) is 0 Å². The Kier molecular flexibility index (Phi) is 4.63. The molecule has 4 heteroatoms. The van der Waals surface area contributed by atoms with Crippen molar-refractivity contribution in [3.8, 4) is 5.75 Å². The lowest BCUT2D eigenvalue weighted by molar-refractivity contribution is 0.199. The first-order valence-electron chi connectivity index (χ1n) is 4.85. The highest BCUT2D eigenvalue weighted by molar-refractivity contribution is 5.70. The van der Waals surface area contributed by atoms with E-state index in [2.05, 4.69) is 5.32 Å². The summed E-state index contributed by atoms with van der Waals surface area (Å²) in [5, 5.41) is 11.0. The van der Waals surface area contributed by atoms with E-state index in [1.807, 2.05) is 19.1 Å². The van der Waals surface area contributed by atoms with Crippen LogP contribution in [0.5, 0.6) is 5.75 Å². The average molecular weight is 209 g/mol. The molecule has 0 aliphatic heterocycles. The highest BCUT2D eigenvalue weighted by Crippen LogP contribution is 2.12. The van der Waals surface area contributed by atoms with Gasteiger partial charge in [-0.2, -0.15) is 0 Å². The third-order valence-corrected chi connectivity index (χ3v) is 1.80. The normalized spacial score (nSPS) is 9.73. The standard InChI is InChI=1S/C11H15NO3/c1-9-4-2-5-10(8-9)15-11(14)12-6-3-7-13/h2,4-5,8,13H,3,6-7H2,1H3,(H,12,14). The number of benzene rings is 1. The topological polar surface area (TPSA) is 58.6 Å². The Bertz CT molecular complexity index is 325. The van der Waals surface area contributed by atoms with E-state index in [0.29, 0.717) is 18.7 Å². The van der Waals surface area contributed by atoms with Crippen molar-refractivity contribution in [2.24, 2.45) is 0 Å². The van der Waals surface area contributed by atoms with Gasteiger partial charge in [0.1, 0.15) is 5.75 Å². The van der Waals surface area contributed by atoms with Crippen molar-refractivity contribution >= 4 is 6.09 Å². The summed E-state index contributed by atoms with van der Waals surface area (Å²) in [7, 11) is 0. The highest BCUT2D eigenvalue weighted by Gasteiger charge is 2.02. The summed E-state index contributed by atoms with van der Waals surface area (Å²) in [4.78, 5) is 11.2. The molecule has 0 atom stereocenters. The Morgan fingerprint density at radius 3 is 3.00 bits per heavy atom. The fourth-order valence-corrected chi connectivity index (χ4v) is 1.09. The molecule has 1 aromatic rings. The molecule has 82 valence electrons. The Morgan fingerprint density at radius 2 is 2.33 bits per heavy atom. The predicted molar refractivity (Wildman–Crippen MR) is 56.9 cm³/mol. The van der Waals surface area contributed by atoms with Crippen LogP contribution in [0, 0.1) is 6.92 Å². The largest absolute Gasteiger partial charge is 0.412 e. The van der Waals surface area contributed by atoms with Gasteiger partial charge in [-0.3, -0.25) is 0 Å². The van der Waals surface area contributed by atoms with Crippen molar-refractivity contribution in [1.29, 1.82) is 0 Å². The second-order valence-corrected chi connectivity index (χ2v) is 3.21. The van der Waals surface area contributed by atoms with Crippen LogP contribution in [0.1, 0.15) is 12.0 Å². The minimum absolute atomic E-state index is 0.0602. The molecule has 0 unspecified atom stereocenters. The SMILES string of the molecule is Cc1cccc(OC(=O)NCCCO)c1. The van der Waals surface area contributed by atoms with Crippen molar-refractivity contribution in [2.45, 2.75) is 13.3 Å². The first-order valence-corrected chi connectivity index (χ1v) is 4.85. The number of ether oxygens (including phenoxy) is 1. The Hall–Kier alpha value is -1.55. The molecule has 1 aromatic carbocycles. The molecular formula is C11H15NO3. The molecule has 0 radical (unpaired) electrons. The Morgan fingerprint density at radius 1 is 1.53 bits per heavy atom. The first-order chi connectivity index (χ1) is 7.22. The van der Waals surface area contributed by atoms with E-state index in [0.717, 1.165) is 5.56 Å². The molecule has 15 heavy (non-hydrogen) atoms. The van der Waals surface area contributed by atoms with E-state index in [4.69, 9.17) is 9.84 Å². The van der Waals surface area contributed by atoms with Crippen LogP contribution in [0.4, 0.5) is 4.79 Å². The number of carbonyl (C=O) groups is 1. The molecular weight excluding hydrogens is 194 g/mol. The van der Waals surface area contributed by atoms with Crippen LogP contribution >= 0.6 is 0 Å². The van der Waals surface area contributed by atoms with Gasteiger partial charge in [-0.1, -0.05) is 12.1 Å². The van der Waals surface area contributed by atoms with Crippen molar-refractivity contribution in [1.82, 2.24) is 5.32 Å². The summed E-state index contributed by atoms with van der Waals surface area (Å²) in [5.74, 6) is 0.525. The van der Waals surface area contributed by atoms with Gasteiger partial charge >= 0.3 is 6.09 Å². The molecule has 0 saturated heterocycles. The lowest BCUT2D eigenvalue weighted by Gasteiger charge is -2.06. The second-order valence-electron chi connectivity index (χ2n) is 3.21. The minimum atomic E-state index is -0.492. The van der Waals surface area contributed by atoms with Crippen LogP contribution in [0.15, 0.2) is 24.3 Å². The summed E-state index contributed by atoms with van der Waals surface area (Å²) in [5.41, 5.74) is 1.04. The predicted octanol–water partition coefficient (Wildman–Crippen LogP) is 1.47. The first kappa shape index (κ1) is 11.5. The molecule has 0 aromatic heterocycles. The van der Waals surface area contributed by atoms with E-state index >= 15 is 0 Å². The molecule has 2 N–H and O–H groups in total. The number of aryl methyl sites for hydroxylation is 1. The van der Waals surface area contributed by atoms with E-state index in [1.165, 1.54) is 0 Å². The molecule has 0 aliphatic carbocycles. The van der Waals surface area contributed by atoms with Crippen molar-refractivity contribution in [2.75, 3.05) is 13.2 Å². The highest BCUT2D eigenvalue weighted by atomic mass is 16.6. The number of hydrogen-bond acceptors (Lipinski definition) is 3. The number of amides is 1. The summed E-state index contributed by atoms with van der Waals surface area (Å²) in [6.45, 7) is 2.41. The van der Waals surface area contributed by atoms with Crippen molar-refractivity contribution < 1.29 is 14.6 Å². The number of carbonyl (C=O) groups excluding carboxylic acids is 1. The quantitative estimate of drug-likeness (QED) is 0.738. The third-order valence-electron chi connectivity index (χ3n) is 1.80. The fraction of sp³-hybridized carbons (Fsp3) is 0.364. The van der Waals surface area contributed by atoms with Crippen LogP contribution < -0.4 is 10.1 Å². The molecule has 0 fully saturated rings. The smallest absolute Gasteiger partial charge is 0.410 e. The molecule has 0 spiro atoms. The van der Waals surface area contributed by atoms with E-state index in [-0.39, 0.29) is 6.61 Å². The lowest BCUT2D eigenvalue weighted by atomic mass is 10.2. The maximum absolute atomic E-state index is 11.2. The van der Waals surface area contributed by atoms with Crippen LogP contribution in [0.25, 0.3) is 0 Å². The number of nitrogens with one attached hydrogen (secondary N) is 1. The zero-order valence-electron chi connectivity index (χ0n) is 8.69. The maximum Gasteiger partial charge on any atom is 0.412 e. The van der Waals surface area contributed by atoms with Gasteiger partial charge in [-0.15, -0.1) is 0 Å². The number of rotatable bonds is 4. The minimum Gasteiger partial charge on any atom is -0.410 e. The van der Waals surface area contributed by atoms with E-state index < -0.39 is 6.09 Å². The van der Waals surface area contributed by atoms with Crippen LogP contribution in [0.2, 0.25) is 0 Å². The van der Waals surface area contributed by atoms with Gasteiger partial charge in [-0.25, -0.2) is 4.79 Å². The van der Waals surface area contributed by atoms with Crippen LogP contribution in [0.3, 0.4) is 0 Å². The number of aliphatic hydroxyl groups is 1. The van der Waals surface area contributed by atoms with Gasteiger partial charge in [0, 0.05) is 13.2 Å². The fourth-order valence-electron chi connectivity index (χ4n) is 1.09. The molecule has 0 aliphatic rings. The third kappa shape index (κ3) is 4.46. The molecule has 0 saturated carbocycles. The number of hydrogen-bond donors (Lipinski definition) is 2. The molecule has 0 bridgehead atoms. The molecule has 1 amide bonds. The summed E-state index contributed by atoms with van der Waals surface area (Å²) < 4.78 is 5.01. The molecule has 1 rings (SSSR count). The summed E-state index contributed by atoms with van der Waals surface area (Å²) >= 11 is 0. The Balaban J connectivity index is 2.37. The van der Waals surface area contributed by atoms with Gasteiger partial charge in [0.15, 0.2) is 0 Å². The van der Waals surface area contributed by atoms with E-state index in [9.17, 15) is 4.79 Å². The zero-order chi connectivity index (χ0) is 11.1. The lowest BCUT2D eigenvalue weighted by Crippen LogP contribution is -2.28. The van der Waals surface area contributed by atoms with Gasteiger partial charge in [0.05, 0.1) is 0 Å². The van der Waals surface area contributed by atoms with Crippen molar-refractivity contribution in [3.05, 3.63) is 29.8 Å². The van der Waals surface area contributed by atoms with Crippen LogP contribution in [-0.4, -0.2) is 24.4 Å². The summed E-state index contributed by atoms with van der Waals surface area (Å²) in [6, 6.07) is 7.26. The van der Waals surface area contributed by atoms with E-state index in [1.54, 1.807) is 12.1 Å². The second kappa shape index (κ2) is 6.03. The molecule has 4 nitrogen and oxygen atoms in total. The average Bonchev–Trinajstić information content (AvgIpc) is 2.18. The number of aliphatic hydroxyl groups excluding tert-OH is 1. The van der Waals surface area contributed by atoms with Gasteiger partial charge in [0.25, 0.3) is 0 Å². The zero-order valence-corrected chi connectivity index (χ0v) is 8.69. The van der Waals surface area contributed by atoms with Gasteiger partial charge < -0.3 is 15.2 Å². The summed E-state index contributed by atoms with van der Waals surface area (Å²) in [6.07, 6.45) is 0.0391. The van der Waals surface area contributed by atoms with Crippen LogP contribution in [-0.2, 0) is 0 Å². The Labute approximate surface area is 88.9 Å². The monoisotopic (exact) mass is 209 g/mol. The maximum atomic E-state index is 11.2.